The van der Waals surface area contributed by atoms with Crippen molar-refractivity contribution in [3.63, 3.8) is 0 Å². The topological polar surface area (TPSA) is 68.4 Å². The zero-order valence-corrected chi connectivity index (χ0v) is 16.7. The molecule has 1 aliphatic carbocycles. The Labute approximate surface area is 152 Å². The minimum atomic E-state index is -3.52. The van der Waals surface area contributed by atoms with Gasteiger partial charge in [-0.2, -0.15) is 5.10 Å². The summed E-state index contributed by atoms with van der Waals surface area (Å²) >= 11 is 0. The number of hydrogen-bond acceptors (Lipinski definition) is 3. The molecule has 0 bridgehead atoms. The average Bonchev–Trinajstić information content (AvgIpc) is 2.87. The van der Waals surface area contributed by atoms with Gasteiger partial charge in [-0.15, -0.1) is 0 Å². The monoisotopic (exact) mass is 369 g/mol. The van der Waals surface area contributed by atoms with E-state index in [1.54, 1.807) is 23.6 Å². The fourth-order valence-electron chi connectivity index (χ4n) is 4.84. The SMILES string of the molecule is Cc1nn(C)c(C)c1S(=O)(=O)NCC1([NH+]2CCCCC2)CCCCC1. The number of quaternary nitrogens is 1. The van der Waals surface area contributed by atoms with Crippen LogP contribution in [0.2, 0.25) is 0 Å². The highest BCUT2D eigenvalue weighted by Crippen LogP contribution is 2.27. The number of aromatic nitrogens is 2. The van der Waals surface area contributed by atoms with Gasteiger partial charge >= 0.3 is 0 Å². The van der Waals surface area contributed by atoms with Crippen molar-refractivity contribution in [2.45, 2.75) is 75.6 Å². The fraction of sp³-hybridized carbons (Fsp3) is 0.833. The molecule has 0 atom stereocenters. The predicted octanol–water partition coefficient (Wildman–Crippen LogP) is 1.09. The molecule has 2 N–H and O–H groups in total. The van der Waals surface area contributed by atoms with E-state index < -0.39 is 10.0 Å². The van der Waals surface area contributed by atoms with Crippen LogP contribution in [0.4, 0.5) is 0 Å². The van der Waals surface area contributed by atoms with Gasteiger partial charge in [0.15, 0.2) is 0 Å². The van der Waals surface area contributed by atoms with Crippen molar-refractivity contribution in [1.82, 2.24) is 14.5 Å². The summed E-state index contributed by atoms with van der Waals surface area (Å²) in [6.07, 6.45) is 9.84. The molecular weight excluding hydrogens is 336 g/mol. The maximum atomic E-state index is 13.0. The van der Waals surface area contributed by atoms with E-state index in [2.05, 4.69) is 9.82 Å². The van der Waals surface area contributed by atoms with Crippen LogP contribution in [-0.2, 0) is 17.1 Å². The van der Waals surface area contributed by atoms with Gasteiger partial charge in [0, 0.05) is 19.9 Å². The van der Waals surface area contributed by atoms with Gasteiger partial charge in [-0.25, -0.2) is 13.1 Å². The van der Waals surface area contributed by atoms with Crippen molar-refractivity contribution in [2.75, 3.05) is 19.6 Å². The summed E-state index contributed by atoms with van der Waals surface area (Å²) in [5, 5.41) is 4.27. The molecule has 142 valence electrons. The Morgan fingerprint density at radius 1 is 1.08 bits per heavy atom. The van der Waals surface area contributed by atoms with Crippen LogP contribution in [0.3, 0.4) is 0 Å². The Morgan fingerprint density at radius 2 is 1.68 bits per heavy atom. The lowest BCUT2D eigenvalue weighted by molar-refractivity contribution is -0.957. The van der Waals surface area contributed by atoms with Gasteiger partial charge in [-0.1, -0.05) is 6.42 Å². The third-order valence-corrected chi connectivity index (χ3v) is 7.98. The fourth-order valence-corrected chi connectivity index (χ4v) is 6.40. The van der Waals surface area contributed by atoms with Gasteiger partial charge in [0.1, 0.15) is 10.4 Å². The standard InChI is InChI=1S/C18H32N4O2S/c1-15-17(16(2)21(3)20-15)25(23,24)19-14-18(10-6-4-7-11-18)22-12-8-5-9-13-22/h19H,4-14H2,1-3H3/p+1. The third kappa shape index (κ3) is 3.78. The molecule has 0 spiro atoms. The molecule has 2 fully saturated rings. The van der Waals surface area contributed by atoms with Crippen molar-refractivity contribution in [1.29, 1.82) is 0 Å². The Balaban J connectivity index is 1.80. The van der Waals surface area contributed by atoms with E-state index in [1.807, 2.05) is 6.92 Å². The average molecular weight is 370 g/mol. The number of nitrogens with one attached hydrogen (secondary N) is 2. The maximum absolute atomic E-state index is 13.0. The van der Waals surface area contributed by atoms with Crippen LogP contribution in [-0.4, -0.2) is 43.4 Å². The van der Waals surface area contributed by atoms with E-state index >= 15 is 0 Å². The lowest BCUT2D eigenvalue weighted by Crippen LogP contribution is -3.22. The highest BCUT2D eigenvalue weighted by atomic mass is 32.2. The molecule has 0 radical (unpaired) electrons. The second-order valence-corrected chi connectivity index (χ2v) is 9.66. The molecule has 0 unspecified atom stereocenters. The summed E-state index contributed by atoms with van der Waals surface area (Å²) in [6.45, 7) is 6.52. The minimum absolute atomic E-state index is 0.0791. The summed E-state index contributed by atoms with van der Waals surface area (Å²) in [5.74, 6) is 0. The normalized spacial score (nSPS) is 22.2. The zero-order chi connectivity index (χ0) is 18.1. The summed E-state index contributed by atoms with van der Waals surface area (Å²) in [5.41, 5.74) is 1.36. The summed E-state index contributed by atoms with van der Waals surface area (Å²) in [6, 6.07) is 0. The summed E-state index contributed by atoms with van der Waals surface area (Å²) < 4.78 is 30.6. The molecule has 2 heterocycles. The van der Waals surface area contributed by atoms with Gasteiger partial charge in [0.05, 0.1) is 31.0 Å². The molecule has 6 nitrogen and oxygen atoms in total. The predicted molar refractivity (Wildman–Crippen MR) is 98.2 cm³/mol. The first-order valence-corrected chi connectivity index (χ1v) is 11.2. The number of sulfonamides is 1. The Hall–Kier alpha value is -0.920. The quantitative estimate of drug-likeness (QED) is 0.816. The molecule has 0 aromatic carbocycles. The summed E-state index contributed by atoms with van der Waals surface area (Å²) in [4.78, 5) is 1.98. The molecule has 1 aromatic heterocycles. The second kappa shape index (κ2) is 7.37. The van der Waals surface area contributed by atoms with Crippen LogP contribution in [0.5, 0.6) is 0 Å². The second-order valence-electron chi connectivity index (χ2n) is 7.95. The van der Waals surface area contributed by atoms with Gasteiger partial charge in [-0.3, -0.25) is 4.68 Å². The molecule has 2 aliphatic rings. The van der Waals surface area contributed by atoms with Crippen LogP contribution in [0.1, 0.15) is 62.8 Å². The Kier molecular flexibility index (Phi) is 5.56. The van der Waals surface area contributed by atoms with Crippen molar-refractivity contribution >= 4 is 10.0 Å². The van der Waals surface area contributed by atoms with E-state index in [-0.39, 0.29) is 5.54 Å². The van der Waals surface area contributed by atoms with Crippen molar-refractivity contribution in [3.05, 3.63) is 11.4 Å². The summed E-state index contributed by atoms with van der Waals surface area (Å²) in [7, 11) is -1.73. The van der Waals surface area contributed by atoms with E-state index in [0.717, 1.165) is 12.8 Å². The molecule has 0 amide bonds. The van der Waals surface area contributed by atoms with Crippen LogP contribution in [0.15, 0.2) is 4.90 Å². The number of nitrogens with zero attached hydrogens (tertiary/aromatic N) is 2. The number of aryl methyl sites for hydroxylation is 2. The minimum Gasteiger partial charge on any atom is -0.329 e. The first-order chi connectivity index (χ1) is 11.9. The molecule has 7 heteroatoms. The van der Waals surface area contributed by atoms with Gasteiger partial charge < -0.3 is 4.90 Å². The van der Waals surface area contributed by atoms with Crippen molar-refractivity contribution < 1.29 is 13.3 Å². The number of piperidine rings is 1. The molecule has 1 saturated carbocycles. The van der Waals surface area contributed by atoms with Crippen molar-refractivity contribution in [2.24, 2.45) is 7.05 Å². The molecule has 3 rings (SSSR count). The third-order valence-electron chi connectivity index (χ3n) is 6.33. The highest BCUT2D eigenvalue weighted by molar-refractivity contribution is 7.89. The lowest BCUT2D eigenvalue weighted by atomic mass is 9.79. The van der Waals surface area contributed by atoms with E-state index in [9.17, 15) is 8.42 Å². The number of hydrogen-bond donors (Lipinski definition) is 2. The van der Waals surface area contributed by atoms with E-state index in [1.165, 1.54) is 51.6 Å². The number of rotatable bonds is 5. The van der Waals surface area contributed by atoms with Gasteiger partial charge in [0.25, 0.3) is 0 Å². The smallest absolute Gasteiger partial charge is 0.244 e. The first kappa shape index (κ1) is 18.9. The molecule has 1 aromatic rings. The lowest BCUT2D eigenvalue weighted by Gasteiger charge is -2.45. The molecule has 1 aliphatic heterocycles. The molecule has 1 saturated heterocycles. The van der Waals surface area contributed by atoms with Crippen molar-refractivity contribution in [3.8, 4) is 0 Å². The van der Waals surface area contributed by atoms with Crippen LogP contribution in [0, 0.1) is 13.8 Å². The van der Waals surface area contributed by atoms with E-state index in [0.29, 0.717) is 22.8 Å². The maximum Gasteiger partial charge on any atom is 0.244 e. The number of likely N-dealkylation sites (tertiary alicyclic amines) is 1. The van der Waals surface area contributed by atoms with Crippen LogP contribution < -0.4 is 9.62 Å². The van der Waals surface area contributed by atoms with Gasteiger partial charge in [0.2, 0.25) is 10.0 Å². The van der Waals surface area contributed by atoms with E-state index in [4.69, 9.17) is 0 Å². The Bertz CT molecular complexity index is 699. The molecule has 25 heavy (non-hydrogen) atoms. The zero-order valence-electron chi connectivity index (χ0n) is 15.9. The highest BCUT2D eigenvalue weighted by Gasteiger charge is 2.43. The van der Waals surface area contributed by atoms with Crippen LogP contribution >= 0.6 is 0 Å². The van der Waals surface area contributed by atoms with Gasteiger partial charge in [-0.05, 0) is 46.0 Å². The molecular formula is C18H33N4O2S+. The largest absolute Gasteiger partial charge is 0.329 e. The Morgan fingerprint density at radius 3 is 2.24 bits per heavy atom. The first-order valence-electron chi connectivity index (χ1n) is 9.71. The van der Waals surface area contributed by atoms with Crippen LogP contribution in [0.25, 0.3) is 0 Å².